The van der Waals surface area contributed by atoms with Gasteiger partial charge in [-0.15, -0.1) is 0 Å². The molecule has 0 spiro atoms. The maximum Gasteiger partial charge on any atom is 0.328 e. The van der Waals surface area contributed by atoms with Gasteiger partial charge in [0.15, 0.2) is 0 Å². The lowest BCUT2D eigenvalue weighted by atomic mass is 10.2. The fourth-order valence-electron chi connectivity index (χ4n) is 2.50. The highest BCUT2D eigenvalue weighted by Gasteiger charge is 2.36. The van der Waals surface area contributed by atoms with Crippen LogP contribution in [0.1, 0.15) is 30.3 Å². The van der Waals surface area contributed by atoms with E-state index in [1.54, 1.807) is 14.0 Å². The number of amides is 1. The van der Waals surface area contributed by atoms with Crippen molar-refractivity contribution >= 4 is 17.6 Å². The number of carbonyl (C=O) groups is 2. The predicted molar refractivity (Wildman–Crippen MR) is 72.8 cm³/mol. The number of rotatable bonds is 4. The third kappa shape index (κ3) is 2.88. The molecule has 0 bridgehead atoms. The summed E-state index contributed by atoms with van der Waals surface area (Å²) in [5.41, 5.74) is 0.0469. The molecule has 1 fully saturated rings. The van der Waals surface area contributed by atoms with Gasteiger partial charge < -0.3 is 14.2 Å². The van der Waals surface area contributed by atoms with Crippen LogP contribution in [0.5, 0.6) is 0 Å². The van der Waals surface area contributed by atoms with Crippen LogP contribution in [-0.4, -0.2) is 45.5 Å². The van der Waals surface area contributed by atoms with Gasteiger partial charge in [0.1, 0.15) is 11.7 Å². The molecule has 1 aliphatic heterocycles. The van der Waals surface area contributed by atoms with E-state index in [2.05, 4.69) is 0 Å². The minimum atomic E-state index is -0.605. The maximum atomic E-state index is 12.5. The zero-order valence-corrected chi connectivity index (χ0v) is 11.9. The molecule has 2 rings (SSSR count). The number of nitrogens with zero attached hydrogens (tertiary/aromatic N) is 3. The summed E-state index contributed by atoms with van der Waals surface area (Å²) in [7, 11) is 1.57. The van der Waals surface area contributed by atoms with Crippen LogP contribution in [-0.2, 0) is 16.6 Å². The van der Waals surface area contributed by atoms with E-state index in [-0.39, 0.29) is 23.9 Å². The van der Waals surface area contributed by atoms with E-state index in [1.165, 1.54) is 21.7 Å². The molecule has 21 heavy (non-hydrogen) atoms. The van der Waals surface area contributed by atoms with Crippen LogP contribution in [0.4, 0.5) is 5.69 Å². The second kappa shape index (κ2) is 5.94. The van der Waals surface area contributed by atoms with Gasteiger partial charge in [-0.05, 0) is 19.8 Å². The van der Waals surface area contributed by atoms with Gasteiger partial charge in [0.2, 0.25) is 0 Å². The Balaban J connectivity index is 2.22. The van der Waals surface area contributed by atoms with Crippen molar-refractivity contribution in [2.45, 2.75) is 25.8 Å². The number of hydrogen-bond donors (Lipinski definition) is 0. The Kier molecular flexibility index (Phi) is 4.25. The van der Waals surface area contributed by atoms with E-state index in [0.717, 1.165) is 0 Å². The molecule has 0 aromatic carbocycles. The van der Waals surface area contributed by atoms with Crippen LogP contribution in [0.25, 0.3) is 0 Å². The van der Waals surface area contributed by atoms with Gasteiger partial charge in [-0.3, -0.25) is 14.9 Å². The first-order valence-electron chi connectivity index (χ1n) is 6.74. The van der Waals surface area contributed by atoms with Crippen LogP contribution < -0.4 is 0 Å². The van der Waals surface area contributed by atoms with Gasteiger partial charge in [-0.2, -0.15) is 0 Å². The van der Waals surface area contributed by atoms with E-state index in [1.807, 2.05) is 0 Å². The van der Waals surface area contributed by atoms with Gasteiger partial charge in [-0.25, -0.2) is 4.79 Å². The van der Waals surface area contributed by atoms with Gasteiger partial charge in [0, 0.05) is 19.7 Å². The van der Waals surface area contributed by atoms with Crippen LogP contribution in [0.2, 0.25) is 0 Å². The maximum absolute atomic E-state index is 12.5. The Bertz CT molecular complexity index is 580. The van der Waals surface area contributed by atoms with Crippen molar-refractivity contribution in [3.05, 3.63) is 28.1 Å². The van der Waals surface area contributed by atoms with Crippen molar-refractivity contribution in [1.82, 2.24) is 9.47 Å². The third-order valence-electron chi connectivity index (χ3n) is 3.49. The normalized spacial score (nSPS) is 17.8. The molecule has 1 atom stereocenters. The molecule has 0 radical (unpaired) electrons. The molecule has 1 aliphatic rings. The second-order valence-electron chi connectivity index (χ2n) is 4.86. The van der Waals surface area contributed by atoms with E-state index in [0.29, 0.717) is 19.4 Å². The molecule has 8 heteroatoms. The van der Waals surface area contributed by atoms with E-state index >= 15 is 0 Å². The molecular formula is C13H17N3O5. The van der Waals surface area contributed by atoms with Crippen LogP contribution in [0, 0.1) is 10.1 Å². The number of ether oxygens (including phenoxy) is 1. The summed E-state index contributed by atoms with van der Waals surface area (Å²) in [4.78, 5) is 36.0. The molecule has 1 unspecified atom stereocenters. The fourth-order valence-corrected chi connectivity index (χ4v) is 2.50. The Morgan fingerprint density at radius 2 is 2.24 bits per heavy atom. The Labute approximate surface area is 121 Å². The highest BCUT2D eigenvalue weighted by molar-refractivity contribution is 5.96. The first-order chi connectivity index (χ1) is 9.95. The molecule has 0 N–H and O–H groups in total. The molecule has 0 saturated carbocycles. The molecule has 1 aromatic heterocycles. The predicted octanol–water partition coefficient (Wildman–Crippen LogP) is 1.10. The fraction of sp³-hybridized carbons (Fsp3) is 0.538. The Morgan fingerprint density at radius 3 is 2.81 bits per heavy atom. The number of esters is 1. The van der Waals surface area contributed by atoms with Crippen LogP contribution in [0.3, 0.4) is 0 Å². The van der Waals surface area contributed by atoms with Gasteiger partial charge in [0.25, 0.3) is 11.6 Å². The minimum Gasteiger partial charge on any atom is -0.464 e. The first kappa shape index (κ1) is 15.0. The zero-order chi connectivity index (χ0) is 15.6. The topological polar surface area (TPSA) is 94.7 Å². The first-order valence-corrected chi connectivity index (χ1v) is 6.74. The lowest BCUT2D eigenvalue weighted by Gasteiger charge is -2.23. The second-order valence-corrected chi connectivity index (χ2v) is 4.86. The number of aromatic nitrogens is 1. The van der Waals surface area contributed by atoms with Crippen molar-refractivity contribution < 1.29 is 19.2 Å². The van der Waals surface area contributed by atoms with Gasteiger partial charge in [-0.1, -0.05) is 0 Å². The lowest BCUT2D eigenvalue weighted by molar-refractivity contribution is -0.384. The third-order valence-corrected chi connectivity index (χ3v) is 3.49. The smallest absolute Gasteiger partial charge is 0.328 e. The molecule has 114 valence electrons. The van der Waals surface area contributed by atoms with E-state index in [4.69, 9.17) is 4.74 Å². The quantitative estimate of drug-likeness (QED) is 0.471. The number of likely N-dealkylation sites (tertiary alicyclic amines) is 1. The largest absolute Gasteiger partial charge is 0.464 e. The van der Waals surface area contributed by atoms with E-state index < -0.39 is 16.9 Å². The zero-order valence-electron chi connectivity index (χ0n) is 11.9. The summed E-state index contributed by atoms with van der Waals surface area (Å²) in [6.07, 6.45) is 2.54. The van der Waals surface area contributed by atoms with Crippen molar-refractivity contribution in [3.63, 3.8) is 0 Å². The molecule has 1 amide bonds. The van der Waals surface area contributed by atoms with Crippen molar-refractivity contribution in [3.8, 4) is 0 Å². The van der Waals surface area contributed by atoms with Crippen molar-refractivity contribution in [1.29, 1.82) is 0 Å². The van der Waals surface area contributed by atoms with Crippen molar-refractivity contribution in [2.24, 2.45) is 7.05 Å². The van der Waals surface area contributed by atoms with Gasteiger partial charge in [0.05, 0.1) is 17.7 Å². The summed E-state index contributed by atoms with van der Waals surface area (Å²) >= 11 is 0. The molecule has 1 saturated heterocycles. The Morgan fingerprint density at radius 1 is 1.52 bits per heavy atom. The SMILES string of the molecule is CCOC(=O)C1CCCN1C(=O)c1cc([N+](=O)[O-])cn1C. The Hall–Kier alpha value is -2.38. The summed E-state index contributed by atoms with van der Waals surface area (Å²) < 4.78 is 6.37. The van der Waals surface area contributed by atoms with Gasteiger partial charge >= 0.3 is 5.97 Å². The minimum absolute atomic E-state index is 0.146. The van der Waals surface area contributed by atoms with E-state index in [9.17, 15) is 19.7 Å². The van der Waals surface area contributed by atoms with Crippen molar-refractivity contribution in [2.75, 3.05) is 13.2 Å². The van der Waals surface area contributed by atoms with Crippen LogP contribution >= 0.6 is 0 Å². The number of carbonyl (C=O) groups excluding carboxylic acids is 2. The average Bonchev–Trinajstić information content (AvgIpc) is 3.04. The number of nitro groups is 1. The highest BCUT2D eigenvalue weighted by Crippen LogP contribution is 2.23. The lowest BCUT2D eigenvalue weighted by Crippen LogP contribution is -2.42. The highest BCUT2D eigenvalue weighted by atomic mass is 16.6. The molecule has 1 aromatic rings. The molecule has 8 nitrogen and oxygen atoms in total. The average molecular weight is 295 g/mol. The molecular weight excluding hydrogens is 278 g/mol. The molecule has 2 heterocycles. The standard InChI is InChI=1S/C13H17N3O5/c1-3-21-13(18)10-5-4-6-15(10)12(17)11-7-9(16(19)20)8-14(11)2/h7-8,10H,3-6H2,1-2H3. The monoisotopic (exact) mass is 295 g/mol. The summed E-state index contributed by atoms with van der Waals surface area (Å²) in [5, 5.41) is 10.8. The number of aryl methyl sites for hydroxylation is 1. The summed E-state index contributed by atoms with van der Waals surface area (Å²) in [5.74, 6) is -0.812. The molecule has 0 aliphatic carbocycles. The summed E-state index contributed by atoms with van der Waals surface area (Å²) in [6.45, 7) is 2.41. The summed E-state index contributed by atoms with van der Waals surface area (Å²) in [6, 6.07) is 0.620. The van der Waals surface area contributed by atoms with Crippen LogP contribution in [0.15, 0.2) is 12.3 Å². The number of hydrogen-bond acceptors (Lipinski definition) is 5.